The smallest absolute Gasteiger partial charge is 0.128 e. The van der Waals surface area contributed by atoms with Gasteiger partial charge in [-0.2, -0.15) is 0 Å². The summed E-state index contributed by atoms with van der Waals surface area (Å²) in [5, 5.41) is 1.22. The largest absolute Gasteiger partial charge is 0.457 e. The highest BCUT2D eigenvalue weighted by molar-refractivity contribution is 5.84. The summed E-state index contributed by atoms with van der Waals surface area (Å²) in [6.45, 7) is 2.98. The van der Waals surface area contributed by atoms with Gasteiger partial charge in [-0.3, -0.25) is 0 Å². The van der Waals surface area contributed by atoms with Gasteiger partial charge < -0.3 is 14.6 Å². The lowest BCUT2D eigenvalue weighted by atomic mass is 10.1. The van der Waals surface area contributed by atoms with E-state index < -0.39 is 0 Å². The Morgan fingerprint density at radius 1 is 1.00 bits per heavy atom. The summed E-state index contributed by atoms with van der Waals surface area (Å²) < 4.78 is 5.94. The van der Waals surface area contributed by atoms with Crippen LogP contribution in [0.2, 0.25) is 0 Å². The zero-order chi connectivity index (χ0) is 14.8. The van der Waals surface area contributed by atoms with Crippen molar-refractivity contribution in [2.45, 2.75) is 13.5 Å². The molecule has 2 aromatic carbocycles. The van der Waals surface area contributed by atoms with E-state index in [-0.39, 0.29) is 0 Å². The molecule has 1 aromatic heterocycles. The van der Waals surface area contributed by atoms with Gasteiger partial charge >= 0.3 is 0 Å². The number of H-pyrrole nitrogens is 1. The van der Waals surface area contributed by atoms with Crippen LogP contribution in [0, 0.1) is 6.92 Å². The van der Waals surface area contributed by atoms with E-state index in [9.17, 15) is 0 Å². The fourth-order valence-corrected chi connectivity index (χ4v) is 2.43. The average molecular weight is 280 g/mol. The third-order valence-electron chi connectivity index (χ3n) is 3.48. The Bertz CT molecular complexity index is 742. The first-order chi connectivity index (χ1) is 10.1. The molecule has 0 unspecified atom stereocenters. The van der Waals surface area contributed by atoms with E-state index in [2.05, 4.69) is 61.4 Å². The van der Waals surface area contributed by atoms with Crippen LogP contribution >= 0.6 is 0 Å². The third-order valence-corrected chi connectivity index (χ3v) is 3.48. The van der Waals surface area contributed by atoms with Crippen molar-refractivity contribution in [1.82, 2.24) is 9.88 Å². The van der Waals surface area contributed by atoms with Gasteiger partial charge in [0.25, 0.3) is 0 Å². The van der Waals surface area contributed by atoms with E-state index >= 15 is 0 Å². The minimum Gasteiger partial charge on any atom is -0.457 e. The van der Waals surface area contributed by atoms with Crippen molar-refractivity contribution in [2.75, 3.05) is 14.1 Å². The predicted octanol–water partition coefficient (Wildman–Crippen LogP) is 4.33. The molecule has 0 radical (unpaired) electrons. The van der Waals surface area contributed by atoms with Gasteiger partial charge in [0, 0.05) is 23.6 Å². The molecule has 0 aliphatic rings. The van der Waals surface area contributed by atoms with E-state index in [0.717, 1.165) is 23.6 Å². The molecule has 3 heteroatoms. The van der Waals surface area contributed by atoms with Crippen molar-refractivity contribution in [1.29, 1.82) is 0 Å². The van der Waals surface area contributed by atoms with Crippen molar-refractivity contribution in [3.05, 3.63) is 59.8 Å². The molecule has 0 bridgehead atoms. The molecular formula is C18H20N2O. The van der Waals surface area contributed by atoms with Crippen molar-refractivity contribution in [3.63, 3.8) is 0 Å². The molecule has 3 rings (SSSR count). The van der Waals surface area contributed by atoms with E-state index in [1.807, 2.05) is 18.2 Å². The number of nitrogens with zero attached hydrogens (tertiary/aromatic N) is 1. The Labute approximate surface area is 125 Å². The van der Waals surface area contributed by atoms with Crippen LogP contribution in [-0.2, 0) is 6.54 Å². The summed E-state index contributed by atoms with van der Waals surface area (Å²) in [7, 11) is 4.15. The van der Waals surface area contributed by atoms with E-state index in [1.165, 1.54) is 16.5 Å². The van der Waals surface area contributed by atoms with Crippen molar-refractivity contribution in [3.8, 4) is 11.5 Å². The third kappa shape index (κ3) is 3.09. The van der Waals surface area contributed by atoms with E-state index in [1.54, 1.807) is 0 Å². The van der Waals surface area contributed by atoms with Crippen molar-refractivity contribution in [2.24, 2.45) is 0 Å². The molecule has 0 atom stereocenters. The van der Waals surface area contributed by atoms with Gasteiger partial charge in [0.1, 0.15) is 11.5 Å². The highest BCUT2D eigenvalue weighted by Crippen LogP contribution is 2.28. The van der Waals surface area contributed by atoms with Crippen LogP contribution in [0.25, 0.3) is 10.9 Å². The number of aromatic nitrogens is 1. The van der Waals surface area contributed by atoms with Crippen LogP contribution in [0.5, 0.6) is 11.5 Å². The number of hydrogen-bond acceptors (Lipinski definition) is 2. The quantitative estimate of drug-likeness (QED) is 0.770. The highest BCUT2D eigenvalue weighted by atomic mass is 16.5. The Kier molecular flexibility index (Phi) is 3.67. The zero-order valence-electron chi connectivity index (χ0n) is 12.7. The molecule has 0 saturated heterocycles. The molecule has 3 aromatic rings. The number of nitrogens with one attached hydrogen (secondary N) is 1. The van der Waals surface area contributed by atoms with Gasteiger partial charge in [-0.05, 0) is 56.9 Å². The van der Waals surface area contributed by atoms with Crippen LogP contribution in [0.15, 0.2) is 48.7 Å². The molecule has 0 saturated carbocycles. The number of aromatic amines is 1. The summed E-state index contributed by atoms with van der Waals surface area (Å²) in [6.07, 6.45) is 2.07. The topological polar surface area (TPSA) is 28.3 Å². The fourth-order valence-electron chi connectivity index (χ4n) is 2.43. The lowest BCUT2D eigenvalue weighted by Gasteiger charge is -2.09. The Hall–Kier alpha value is -2.26. The fraction of sp³-hybridized carbons (Fsp3) is 0.222. The summed E-state index contributed by atoms with van der Waals surface area (Å²) in [5.74, 6) is 1.73. The highest BCUT2D eigenvalue weighted by Gasteiger charge is 2.07. The van der Waals surface area contributed by atoms with E-state index in [4.69, 9.17) is 4.74 Å². The van der Waals surface area contributed by atoms with Crippen molar-refractivity contribution < 1.29 is 4.74 Å². The molecule has 21 heavy (non-hydrogen) atoms. The van der Waals surface area contributed by atoms with Gasteiger partial charge in [0.05, 0.1) is 0 Å². The molecular weight excluding hydrogens is 260 g/mol. The van der Waals surface area contributed by atoms with E-state index in [0.29, 0.717) is 0 Å². The van der Waals surface area contributed by atoms with Crippen LogP contribution in [0.4, 0.5) is 0 Å². The number of benzene rings is 2. The van der Waals surface area contributed by atoms with Gasteiger partial charge in [0.2, 0.25) is 0 Å². The van der Waals surface area contributed by atoms with Crippen molar-refractivity contribution >= 4 is 10.9 Å². The summed E-state index contributed by atoms with van der Waals surface area (Å²) in [5.41, 5.74) is 3.66. The SMILES string of the molecule is Cc1ccc(Oc2ccc3[nH]cc(CN(C)C)c3c2)cc1. The van der Waals surface area contributed by atoms with Crippen LogP contribution in [-0.4, -0.2) is 24.0 Å². The lowest BCUT2D eigenvalue weighted by molar-refractivity contribution is 0.404. The first kappa shape index (κ1) is 13.7. The van der Waals surface area contributed by atoms with Gasteiger partial charge in [0.15, 0.2) is 0 Å². The Morgan fingerprint density at radius 2 is 1.71 bits per heavy atom. The second-order valence-corrected chi connectivity index (χ2v) is 5.67. The maximum Gasteiger partial charge on any atom is 0.128 e. The monoisotopic (exact) mass is 280 g/mol. The number of ether oxygens (including phenoxy) is 1. The van der Waals surface area contributed by atoms with Crippen LogP contribution < -0.4 is 4.74 Å². The number of hydrogen-bond donors (Lipinski definition) is 1. The first-order valence-electron chi connectivity index (χ1n) is 7.11. The predicted molar refractivity (Wildman–Crippen MR) is 86.9 cm³/mol. The van der Waals surface area contributed by atoms with Gasteiger partial charge in [-0.1, -0.05) is 17.7 Å². The Balaban J connectivity index is 1.90. The molecule has 0 aliphatic carbocycles. The molecule has 1 N–H and O–H groups in total. The molecule has 108 valence electrons. The lowest BCUT2D eigenvalue weighted by Crippen LogP contribution is -2.10. The summed E-state index contributed by atoms with van der Waals surface area (Å²) in [4.78, 5) is 5.47. The second-order valence-electron chi connectivity index (χ2n) is 5.67. The minimum atomic E-state index is 0.865. The minimum absolute atomic E-state index is 0.865. The number of aryl methyl sites for hydroxylation is 1. The second kappa shape index (κ2) is 5.62. The Morgan fingerprint density at radius 3 is 2.43 bits per heavy atom. The number of rotatable bonds is 4. The molecule has 0 fully saturated rings. The molecule has 0 spiro atoms. The molecule has 0 amide bonds. The summed E-state index contributed by atoms with van der Waals surface area (Å²) >= 11 is 0. The number of fused-ring (bicyclic) bond motifs is 1. The standard InChI is InChI=1S/C18H20N2O/c1-13-4-6-15(7-5-13)21-16-8-9-18-17(10-16)14(11-19-18)12-20(2)3/h4-11,19H,12H2,1-3H3. The van der Waals surface area contributed by atoms with Crippen LogP contribution in [0.1, 0.15) is 11.1 Å². The first-order valence-corrected chi connectivity index (χ1v) is 7.11. The zero-order valence-corrected chi connectivity index (χ0v) is 12.7. The normalized spacial score (nSPS) is 11.2. The molecule has 0 aliphatic heterocycles. The van der Waals surface area contributed by atoms with Crippen LogP contribution in [0.3, 0.4) is 0 Å². The molecule has 1 heterocycles. The summed E-state index contributed by atoms with van der Waals surface area (Å²) in [6, 6.07) is 14.3. The average Bonchev–Trinajstić information content (AvgIpc) is 2.83. The van der Waals surface area contributed by atoms with Gasteiger partial charge in [-0.25, -0.2) is 0 Å². The maximum atomic E-state index is 5.94. The van der Waals surface area contributed by atoms with Gasteiger partial charge in [-0.15, -0.1) is 0 Å². The maximum absolute atomic E-state index is 5.94. The molecule has 3 nitrogen and oxygen atoms in total.